The molecule has 1 amide bonds. The minimum absolute atomic E-state index is 0.0880. The minimum atomic E-state index is -0.657. The summed E-state index contributed by atoms with van der Waals surface area (Å²) < 4.78 is 10.4. The van der Waals surface area contributed by atoms with Crippen LogP contribution in [-0.2, 0) is 0 Å². The molecule has 0 fully saturated rings. The smallest absolute Gasteiger partial charge is 0.355 e. The van der Waals surface area contributed by atoms with Crippen LogP contribution >= 0.6 is 0 Å². The predicted molar refractivity (Wildman–Crippen MR) is 109 cm³/mol. The third kappa shape index (κ3) is 4.52. The molecule has 3 aromatic rings. The highest BCUT2D eigenvalue weighted by atomic mass is 16.6. The number of nitro groups is 1. The third-order valence-corrected chi connectivity index (χ3v) is 4.00. The SMILES string of the molecule is COc1ccc(Nc2ncnc(NNC(=O)c3ccccc3)c2[N+](=O)[O-])c(OC)c1. The molecule has 2 aromatic carbocycles. The molecule has 3 rings (SSSR count). The first-order valence-electron chi connectivity index (χ1n) is 8.63. The van der Waals surface area contributed by atoms with Crippen molar-refractivity contribution < 1.29 is 19.2 Å². The van der Waals surface area contributed by atoms with Crippen LogP contribution in [0.3, 0.4) is 0 Å². The number of amides is 1. The van der Waals surface area contributed by atoms with Crippen molar-refractivity contribution in [2.45, 2.75) is 0 Å². The summed E-state index contributed by atoms with van der Waals surface area (Å²) in [7, 11) is 2.97. The van der Waals surface area contributed by atoms with Crippen LogP contribution in [0.4, 0.5) is 23.0 Å². The number of ether oxygens (including phenoxy) is 2. The number of methoxy groups -OCH3 is 2. The maximum atomic E-state index is 12.2. The number of nitrogens with zero attached hydrogens (tertiary/aromatic N) is 3. The molecule has 0 saturated carbocycles. The van der Waals surface area contributed by atoms with Gasteiger partial charge in [0.2, 0.25) is 11.6 Å². The van der Waals surface area contributed by atoms with Gasteiger partial charge in [-0.2, -0.15) is 0 Å². The van der Waals surface area contributed by atoms with Crippen molar-refractivity contribution in [3.8, 4) is 11.5 Å². The summed E-state index contributed by atoms with van der Waals surface area (Å²) in [5.74, 6) is 0.203. The molecular formula is C19H18N6O5. The molecule has 0 saturated heterocycles. The van der Waals surface area contributed by atoms with Crippen molar-refractivity contribution in [3.05, 3.63) is 70.5 Å². The Balaban J connectivity index is 1.86. The molecular weight excluding hydrogens is 392 g/mol. The fourth-order valence-electron chi connectivity index (χ4n) is 2.54. The largest absolute Gasteiger partial charge is 0.497 e. The first-order chi connectivity index (χ1) is 14.5. The molecule has 0 aliphatic heterocycles. The number of benzene rings is 2. The first kappa shape index (κ1) is 20.3. The van der Waals surface area contributed by atoms with Crippen LogP contribution in [0, 0.1) is 10.1 Å². The van der Waals surface area contributed by atoms with Gasteiger partial charge < -0.3 is 14.8 Å². The topological polar surface area (TPSA) is 141 Å². The molecule has 3 N–H and O–H groups in total. The fourth-order valence-corrected chi connectivity index (χ4v) is 2.54. The van der Waals surface area contributed by atoms with Crippen molar-refractivity contribution in [1.29, 1.82) is 0 Å². The van der Waals surface area contributed by atoms with Gasteiger partial charge in [-0.05, 0) is 24.3 Å². The lowest BCUT2D eigenvalue weighted by Gasteiger charge is -2.13. The Hall–Kier alpha value is -4.41. The van der Waals surface area contributed by atoms with E-state index in [4.69, 9.17) is 9.47 Å². The van der Waals surface area contributed by atoms with E-state index in [0.29, 0.717) is 22.7 Å². The summed E-state index contributed by atoms with van der Waals surface area (Å²) in [6, 6.07) is 13.3. The lowest BCUT2D eigenvalue weighted by atomic mass is 10.2. The van der Waals surface area contributed by atoms with Crippen LogP contribution in [0.2, 0.25) is 0 Å². The van der Waals surface area contributed by atoms with Gasteiger partial charge in [-0.25, -0.2) is 9.97 Å². The van der Waals surface area contributed by atoms with E-state index in [1.165, 1.54) is 14.2 Å². The van der Waals surface area contributed by atoms with Gasteiger partial charge in [-0.15, -0.1) is 0 Å². The zero-order valence-corrected chi connectivity index (χ0v) is 16.1. The molecule has 30 heavy (non-hydrogen) atoms. The van der Waals surface area contributed by atoms with E-state index in [0.717, 1.165) is 6.33 Å². The Morgan fingerprint density at radius 2 is 1.77 bits per heavy atom. The zero-order chi connectivity index (χ0) is 21.5. The number of hydrazine groups is 1. The second-order valence-corrected chi connectivity index (χ2v) is 5.81. The molecule has 0 atom stereocenters. The Morgan fingerprint density at radius 3 is 2.43 bits per heavy atom. The minimum Gasteiger partial charge on any atom is -0.497 e. The van der Waals surface area contributed by atoms with Gasteiger partial charge in [0.1, 0.15) is 17.8 Å². The van der Waals surface area contributed by atoms with E-state index >= 15 is 0 Å². The zero-order valence-electron chi connectivity index (χ0n) is 16.1. The van der Waals surface area contributed by atoms with Gasteiger partial charge in [0.05, 0.1) is 24.8 Å². The quantitative estimate of drug-likeness (QED) is 0.377. The normalized spacial score (nSPS) is 10.1. The van der Waals surface area contributed by atoms with Gasteiger partial charge in [0, 0.05) is 11.6 Å². The van der Waals surface area contributed by atoms with E-state index in [9.17, 15) is 14.9 Å². The van der Waals surface area contributed by atoms with E-state index < -0.39 is 16.5 Å². The molecule has 11 heteroatoms. The van der Waals surface area contributed by atoms with Crippen LogP contribution in [0.5, 0.6) is 11.5 Å². The van der Waals surface area contributed by atoms with E-state index in [1.54, 1.807) is 48.5 Å². The summed E-state index contributed by atoms with van der Waals surface area (Å²) in [4.78, 5) is 31.0. The molecule has 0 aliphatic rings. The summed E-state index contributed by atoms with van der Waals surface area (Å²) in [6.07, 6.45) is 1.13. The van der Waals surface area contributed by atoms with Crippen LogP contribution in [0.25, 0.3) is 0 Å². The number of hydrogen-bond donors (Lipinski definition) is 3. The average Bonchev–Trinajstić information content (AvgIpc) is 2.78. The molecule has 0 bridgehead atoms. The maximum absolute atomic E-state index is 12.2. The number of nitrogens with one attached hydrogen (secondary N) is 3. The predicted octanol–water partition coefficient (Wildman–Crippen LogP) is 2.90. The van der Waals surface area contributed by atoms with Gasteiger partial charge in [0.25, 0.3) is 5.91 Å². The van der Waals surface area contributed by atoms with Gasteiger partial charge in [0.15, 0.2) is 0 Å². The molecule has 0 radical (unpaired) electrons. The number of carbonyl (C=O) groups is 1. The molecule has 1 aromatic heterocycles. The van der Waals surface area contributed by atoms with Crippen molar-refractivity contribution in [1.82, 2.24) is 15.4 Å². The first-order valence-corrected chi connectivity index (χ1v) is 8.63. The molecule has 154 valence electrons. The highest BCUT2D eigenvalue weighted by Gasteiger charge is 2.24. The number of rotatable bonds is 8. The molecule has 1 heterocycles. The molecule has 0 unspecified atom stereocenters. The highest BCUT2D eigenvalue weighted by molar-refractivity contribution is 5.95. The number of carbonyl (C=O) groups excluding carboxylic acids is 1. The van der Waals surface area contributed by atoms with E-state index in [-0.39, 0.29) is 11.6 Å². The number of anilines is 3. The summed E-state index contributed by atoms with van der Waals surface area (Å²) in [5.41, 5.74) is 5.22. The van der Waals surface area contributed by atoms with Crippen molar-refractivity contribution in [2.24, 2.45) is 0 Å². The number of hydrogen-bond acceptors (Lipinski definition) is 9. The van der Waals surface area contributed by atoms with Crippen LogP contribution < -0.4 is 25.6 Å². The Kier molecular flexibility index (Phi) is 6.23. The van der Waals surface area contributed by atoms with Gasteiger partial charge in [-0.1, -0.05) is 18.2 Å². The summed E-state index contributed by atoms with van der Waals surface area (Å²) in [5, 5.41) is 14.5. The summed E-state index contributed by atoms with van der Waals surface area (Å²) >= 11 is 0. The molecule has 11 nitrogen and oxygen atoms in total. The van der Waals surface area contributed by atoms with Gasteiger partial charge >= 0.3 is 5.69 Å². The van der Waals surface area contributed by atoms with Gasteiger partial charge in [-0.3, -0.25) is 25.8 Å². The Labute approximate surface area is 171 Å². The third-order valence-electron chi connectivity index (χ3n) is 4.00. The van der Waals surface area contributed by atoms with E-state index in [2.05, 4.69) is 26.1 Å². The van der Waals surface area contributed by atoms with Crippen LogP contribution in [0.1, 0.15) is 10.4 Å². The lowest BCUT2D eigenvalue weighted by Crippen LogP contribution is -2.30. The highest BCUT2D eigenvalue weighted by Crippen LogP contribution is 2.35. The van der Waals surface area contributed by atoms with Crippen molar-refractivity contribution >= 4 is 28.9 Å². The molecule has 0 aliphatic carbocycles. The van der Waals surface area contributed by atoms with Crippen LogP contribution in [-0.4, -0.2) is 35.0 Å². The van der Waals surface area contributed by atoms with E-state index in [1.807, 2.05) is 0 Å². The fraction of sp³-hybridized carbons (Fsp3) is 0.105. The van der Waals surface area contributed by atoms with Crippen molar-refractivity contribution in [3.63, 3.8) is 0 Å². The monoisotopic (exact) mass is 410 g/mol. The maximum Gasteiger partial charge on any atom is 0.355 e. The standard InChI is InChI=1S/C19H18N6O5/c1-29-13-8-9-14(15(10-13)30-2)22-17-16(25(27)28)18(21-11-20-17)23-24-19(26)12-6-4-3-5-7-12/h3-11H,1-2H3,(H,24,26)(H2,20,21,22,23). The average molecular weight is 410 g/mol. The van der Waals surface area contributed by atoms with Crippen LogP contribution in [0.15, 0.2) is 54.9 Å². The number of aromatic nitrogens is 2. The molecule has 0 spiro atoms. The Morgan fingerprint density at radius 1 is 1.03 bits per heavy atom. The lowest BCUT2D eigenvalue weighted by molar-refractivity contribution is -0.383. The second-order valence-electron chi connectivity index (χ2n) is 5.81. The van der Waals surface area contributed by atoms with Crippen molar-refractivity contribution in [2.75, 3.05) is 25.0 Å². The summed E-state index contributed by atoms with van der Waals surface area (Å²) in [6.45, 7) is 0. The second kappa shape index (κ2) is 9.19. The Bertz CT molecular complexity index is 1060.